The Labute approximate surface area is 165 Å². The first-order valence-corrected chi connectivity index (χ1v) is 10.7. The van der Waals surface area contributed by atoms with Crippen LogP contribution in [0.1, 0.15) is 36.8 Å². The normalized spacial score (nSPS) is 15.6. The SMILES string of the molecule is CSc1ncc(CN2CCC(CCC(=O)NCc3cccnc3)CC2)cn1. The molecule has 1 amide bonds. The second-order valence-electron chi connectivity index (χ2n) is 6.97. The molecule has 0 atom stereocenters. The Balaban J connectivity index is 1.32. The van der Waals surface area contributed by atoms with Crippen LogP contribution in [0.2, 0.25) is 0 Å². The third-order valence-corrected chi connectivity index (χ3v) is 5.55. The molecule has 3 heterocycles. The summed E-state index contributed by atoms with van der Waals surface area (Å²) in [6.45, 7) is 3.62. The minimum Gasteiger partial charge on any atom is -0.352 e. The van der Waals surface area contributed by atoms with Gasteiger partial charge in [-0.05, 0) is 56.2 Å². The molecule has 27 heavy (non-hydrogen) atoms. The minimum absolute atomic E-state index is 0.132. The van der Waals surface area contributed by atoms with E-state index < -0.39 is 0 Å². The number of hydrogen-bond donors (Lipinski definition) is 1. The second-order valence-corrected chi connectivity index (χ2v) is 7.75. The van der Waals surface area contributed by atoms with Gasteiger partial charge in [-0.2, -0.15) is 0 Å². The summed E-state index contributed by atoms with van der Waals surface area (Å²) in [5, 5.41) is 3.80. The zero-order valence-electron chi connectivity index (χ0n) is 15.8. The van der Waals surface area contributed by atoms with Crippen molar-refractivity contribution in [3.63, 3.8) is 0 Å². The summed E-state index contributed by atoms with van der Waals surface area (Å²) in [6, 6.07) is 3.86. The van der Waals surface area contributed by atoms with Crippen LogP contribution >= 0.6 is 11.8 Å². The first-order chi connectivity index (χ1) is 13.2. The standard InChI is InChI=1S/C20H27N5OS/c1-27-20-23-13-18(14-24-20)15-25-9-6-16(7-10-25)4-5-19(26)22-12-17-3-2-8-21-11-17/h2-3,8,11,13-14,16H,4-7,9-10,12,15H2,1H3,(H,22,26). The van der Waals surface area contributed by atoms with Crippen LogP contribution in [0.4, 0.5) is 0 Å². The van der Waals surface area contributed by atoms with Crippen LogP contribution < -0.4 is 5.32 Å². The van der Waals surface area contributed by atoms with Crippen molar-refractivity contribution in [2.24, 2.45) is 5.92 Å². The van der Waals surface area contributed by atoms with Crippen LogP contribution in [0.15, 0.2) is 42.1 Å². The number of nitrogens with one attached hydrogen (secondary N) is 1. The largest absolute Gasteiger partial charge is 0.352 e. The van der Waals surface area contributed by atoms with Crippen LogP contribution in [0, 0.1) is 5.92 Å². The van der Waals surface area contributed by atoms with Gasteiger partial charge in [0.1, 0.15) is 0 Å². The highest BCUT2D eigenvalue weighted by molar-refractivity contribution is 7.98. The molecule has 0 radical (unpaired) electrons. The van der Waals surface area contributed by atoms with Gasteiger partial charge in [0.2, 0.25) is 5.91 Å². The lowest BCUT2D eigenvalue weighted by atomic mass is 9.92. The smallest absolute Gasteiger partial charge is 0.220 e. The van der Waals surface area contributed by atoms with E-state index in [1.54, 1.807) is 24.2 Å². The van der Waals surface area contributed by atoms with Crippen LogP contribution in [0.25, 0.3) is 0 Å². The van der Waals surface area contributed by atoms with E-state index in [1.807, 2.05) is 30.8 Å². The number of pyridine rings is 1. The lowest BCUT2D eigenvalue weighted by Gasteiger charge is -2.31. The van der Waals surface area contributed by atoms with Crippen molar-refractivity contribution in [1.29, 1.82) is 0 Å². The Morgan fingerprint density at radius 1 is 1.22 bits per heavy atom. The molecule has 0 aromatic carbocycles. The van der Waals surface area contributed by atoms with E-state index in [9.17, 15) is 4.79 Å². The fraction of sp³-hybridized carbons (Fsp3) is 0.500. The van der Waals surface area contributed by atoms with Crippen molar-refractivity contribution in [2.75, 3.05) is 19.3 Å². The number of likely N-dealkylation sites (tertiary alicyclic amines) is 1. The monoisotopic (exact) mass is 385 g/mol. The molecule has 1 fully saturated rings. The molecule has 2 aromatic rings. The molecule has 1 aliphatic rings. The molecule has 6 nitrogen and oxygen atoms in total. The van der Waals surface area contributed by atoms with E-state index in [0.717, 1.165) is 49.6 Å². The average Bonchev–Trinajstić information content (AvgIpc) is 2.73. The molecular weight excluding hydrogens is 358 g/mol. The van der Waals surface area contributed by atoms with E-state index in [4.69, 9.17) is 0 Å². The highest BCUT2D eigenvalue weighted by Gasteiger charge is 2.20. The number of piperidine rings is 1. The molecule has 0 bridgehead atoms. The average molecular weight is 386 g/mol. The molecule has 3 rings (SSSR count). The van der Waals surface area contributed by atoms with E-state index in [1.165, 1.54) is 5.56 Å². The number of thioether (sulfide) groups is 1. The molecular formula is C20H27N5OS. The Morgan fingerprint density at radius 2 is 2.00 bits per heavy atom. The summed E-state index contributed by atoms with van der Waals surface area (Å²) in [4.78, 5) is 27.3. The van der Waals surface area contributed by atoms with Gasteiger partial charge < -0.3 is 5.32 Å². The number of carbonyl (C=O) groups excluding carboxylic acids is 1. The Kier molecular flexibility index (Phi) is 7.59. The number of hydrogen-bond acceptors (Lipinski definition) is 6. The van der Waals surface area contributed by atoms with Gasteiger partial charge in [-0.25, -0.2) is 9.97 Å². The van der Waals surface area contributed by atoms with E-state index in [2.05, 4.69) is 25.2 Å². The zero-order valence-corrected chi connectivity index (χ0v) is 16.6. The summed E-state index contributed by atoms with van der Waals surface area (Å²) in [5.74, 6) is 0.771. The van der Waals surface area contributed by atoms with Crippen molar-refractivity contribution in [1.82, 2.24) is 25.2 Å². The van der Waals surface area contributed by atoms with Crippen LogP contribution in [-0.4, -0.2) is 45.1 Å². The molecule has 0 unspecified atom stereocenters. The van der Waals surface area contributed by atoms with Crippen molar-refractivity contribution >= 4 is 17.7 Å². The molecule has 1 aliphatic heterocycles. The molecule has 1 saturated heterocycles. The van der Waals surface area contributed by atoms with Crippen LogP contribution in [0.5, 0.6) is 0 Å². The fourth-order valence-corrected chi connectivity index (χ4v) is 3.66. The first-order valence-electron chi connectivity index (χ1n) is 9.46. The van der Waals surface area contributed by atoms with E-state index in [0.29, 0.717) is 18.9 Å². The number of rotatable bonds is 8. The fourth-order valence-electron chi connectivity index (χ4n) is 3.35. The Hall–Kier alpha value is -1.99. The topological polar surface area (TPSA) is 71.0 Å². The third kappa shape index (κ3) is 6.59. The van der Waals surface area contributed by atoms with Gasteiger partial charge in [0, 0.05) is 49.9 Å². The summed E-state index contributed by atoms with van der Waals surface area (Å²) >= 11 is 1.56. The second kappa shape index (κ2) is 10.4. The summed E-state index contributed by atoms with van der Waals surface area (Å²) in [5.41, 5.74) is 2.20. The summed E-state index contributed by atoms with van der Waals surface area (Å²) in [7, 11) is 0. The van der Waals surface area contributed by atoms with Crippen molar-refractivity contribution in [2.45, 2.75) is 43.9 Å². The van der Waals surface area contributed by atoms with Gasteiger partial charge in [0.05, 0.1) is 0 Å². The molecule has 7 heteroatoms. The predicted octanol–water partition coefficient (Wildman–Crippen LogP) is 2.90. The minimum atomic E-state index is 0.132. The molecule has 1 N–H and O–H groups in total. The van der Waals surface area contributed by atoms with Gasteiger partial charge in [-0.15, -0.1) is 0 Å². The number of amides is 1. The van der Waals surface area contributed by atoms with E-state index >= 15 is 0 Å². The third-order valence-electron chi connectivity index (χ3n) is 4.97. The number of aromatic nitrogens is 3. The van der Waals surface area contributed by atoms with Crippen LogP contribution in [-0.2, 0) is 17.9 Å². The van der Waals surface area contributed by atoms with Gasteiger partial charge in [-0.3, -0.25) is 14.7 Å². The molecule has 144 valence electrons. The molecule has 0 saturated carbocycles. The number of nitrogens with zero attached hydrogens (tertiary/aromatic N) is 4. The van der Waals surface area contributed by atoms with Gasteiger partial charge >= 0.3 is 0 Å². The maximum atomic E-state index is 12.1. The lowest BCUT2D eigenvalue weighted by Crippen LogP contribution is -2.34. The lowest BCUT2D eigenvalue weighted by molar-refractivity contribution is -0.121. The zero-order chi connectivity index (χ0) is 18.9. The van der Waals surface area contributed by atoms with Gasteiger partial charge in [0.15, 0.2) is 5.16 Å². The van der Waals surface area contributed by atoms with Crippen molar-refractivity contribution in [3.8, 4) is 0 Å². The maximum Gasteiger partial charge on any atom is 0.220 e. The quantitative estimate of drug-likeness (QED) is 0.556. The maximum absolute atomic E-state index is 12.1. The van der Waals surface area contributed by atoms with Crippen molar-refractivity contribution in [3.05, 3.63) is 48.0 Å². The summed E-state index contributed by atoms with van der Waals surface area (Å²) in [6.07, 6.45) is 13.3. The molecule has 0 spiro atoms. The molecule has 2 aromatic heterocycles. The highest BCUT2D eigenvalue weighted by Crippen LogP contribution is 2.23. The molecule has 0 aliphatic carbocycles. The number of carbonyl (C=O) groups is 1. The van der Waals surface area contributed by atoms with Gasteiger partial charge in [-0.1, -0.05) is 17.8 Å². The van der Waals surface area contributed by atoms with Crippen molar-refractivity contribution < 1.29 is 4.79 Å². The van der Waals surface area contributed by atoms with Crippen LogP contribution in [0.3, 0.4) is 0 Å². The first kappa shape index (κ1) is 19.8. The van der Waals surface area contributed by atoms with Gasteiger partial charge in [0.25, 0.3) is 0 Å². The summed E-state index contributed by atoms with van der Waals surface area (Å²) < 4.78 is 0. The van der Waals surface area contributed by atoms with E-state index in [-0.39, 0.29) is 5.91 Å². The Bertz CT molecular complexity index is 702. The predicted molar refractivity (Wildman–Crippen MR) is 107 cm³/mol. The Morgan fingerprint density at radius 3 is 2.67 bits per heavy atom. The highest BCUT2D eigenvalue weighted by atomic mass is 32.2.